The molecule has 0 spiro atoms. The molecular weight excluding hydrogens is 264 g/mol. The molecule has 4 nitrogen and oxygen atoms in total. The number of carbonyl (C=O) groups excluding carboxylic acids is 1. The van der Waals surface area contributed by atoms with E-state index in [1.807, 2.05) is 24.3 Å². The zero-order valence-corrected chi connectivity index (χ0v) is 12.8. The molecule has 0 aromatic heterocycles. The summed E-state index contributed by atoms with van der Waals surface area (Å²) < 4.78 is 5.59. The maximum atomic E-state index is 12.4. The van der Waals surface area contributed by atoms with E-state index in [2.05, 4.69) is 12.2 Å². The molecule has 0 aliphatic heterocycles. The number of nitrogens with two attached hydrogens (primary N) is 1. The first-order chi connectivity index (χ1) is 10.2. The van der Waals surface area contributed by atoms with Crippen molar-refractivity contribution in [3.05, 3.63) is 24.3 Å². The normalized spacial score (nSPS) is 22.4. The van der Waals surface area contributed by atoms with Gasteiger partial charge in [-0.1, -0.05) is 32.3 Å². The fourth-order valence-electron chi connectivity index (χ4n) is 2.78. The fourth-order valence-corrected chi connectivity index (χ4v) is 2.78. The van der Waals surface area contributed by atoms with Crippen LogP contribution < -0.4 is 15.8 Å². The third-order valence-corrected chi connectivity index (χ3v) is 3.98. The predicted octanol–water partition coefficient (Wildman–Crippen LogP) is 3.32. The summed E-state index contributed by atoms with van der Waals surface area (Å²) in [6.07, 6.45) is 6.19. The van der Waals surface area contributed by atoms with Crippen molar-refractivity contribution >= 4 is 11.6 Å². The van der Waals surface area contributed by atoms with Gasteiger partial charge in [0.05, 0.1) is 12.5 Å². The molecule has 2 rings (SSSR count). The third kappa shape index (κ3) is 4.74. The Hall–Kier alpha value is -1.55. The van der Waals surface area contributed by atoms with Crippen LogP contribution in [0.2, 0.25) is 0 Å². The molecule has 1 saturated carbocycles. The first-order valence-electron chi connectivity index (χ1n) is 8.00. The highest BCUT2D eigenvalue weighted by Crippen LogP contribution is 2.24. The lowest BCUT2D eigenvalue weighted by molar-refractivity contribution is -0.120. The predicted molar refractivity (Wildman–Crippen MR) is 85.4 cm³/mol. The van der Waals surface area contributed by atoms with Crippen LogP contribution in [-0.2, 0) is 4.79 Å². The largest absolute Gasteiger partial charge is 0.494 e. The molecule has 1 aliphatic rings. The molecule has 1 aromatic carbocycles. The summed E-state index contributed by atoms with van der Waals surface area (Å²) in [5, 5.41) is 2.99. The smallest absolute Gasteiger partial charge is 0.229 e. The average Bonchev–Trinajstić information content (AvgIpc) is 2.70. The van der Waals surface area contributed by atoms with Gasteiger partial charge < -0.3 is 15.8 Å². The van der Waals surface area contributed by atoms with Crippen molar-refractivity contribution in [3.8, 4) is 5.75 Å². The molecular formula is C17H26N2O2. The SMILES string of the molecule is CCCOc1cccc(NC(=O)C2CCCCCC2N)c1. The van der Waals surface area contributed by atoms with Gasteiger partial charge in [0.2, 0.25) is 5.91 Å². The van der Waals surface area contributed by atoms with Gasteiger partial charge in [-0.15, -0.1) is 0 Å². The van der Waals surface area contributed by atoms with Crippen LogP contribution in [0.3, 0.4) is 0 Å². The Morgan fingerprint density at radius 3 is 2.95 bits per heavy atom. The summed E-state index contributed by atoms with van der Waals surface area (Å²) in [6, 6.07) is 7.54. The van der Waals surface area contributed by atoms with Crippen LogP contribution in [0.25, 0.3) is 0 Å². The highest BCUT2D eigenvalue weighted by Gasteiger charge is 2.27. The van der Waals surface area contributed by atoms with E-state index in [9.17, 15) is 4.79 Å². The quantitative estimate of drug-likeness (QED) is 0.818. The summed E-state index contributed by atoms with van der Waals surface area (Å²) in [5.74, 6) is 0.754. The maximum Gasteiger partial charge on any atom is 0.229 e. The zero-order chi connectivity index (χ0) is 15.1. The number of amides is 1. The second kappa shape index (κ2) is 8.03. The number of rotatable bonds is 5. The second-order valence-electron chi connectivity index (χ2n) is 5.77. The van der Waals surface area contributed by atoms with Gasteiger partial charge in [0, 0.05) is 17.8 Å². The van der Waals surface area contributed by atoms with E-state index in [4.69, 9.17) is 10.5 Å². The van der Waals surface area contributed by atoms with E-state index in [0.29, 0.717) is 6.61 Å². The molecule has 0 saturated heterocycles. The van der Waals surface area contributed by atoms with E-state index >= 15 is 0 Å². The molecule has 1 aromatic rings. The maximum absolute atomic E-state index is 12.4. The van der Waals surface area contributed by atoms with Gasteiger partial charge in [-0.3, -0.25) is 4.79 Å². The summed E-state index contributed by atoms with van der Waals surface area (Å²) in [5.41, 5.74) is 6.93. The lowest BCUT2D eigenvalue weighted by Gasteiger charge is -2.20. The van der Waals surface area contributed by atoms with E-state index in [1.165, 1.54) is 6.42 Å². The van der Waals surface area contributed by atoms with Crippen molar-refractivity contribution < 1.29 is 9.53 Å². The Labute approximate surface area is 127 Å². The monoisotopic (exact) mass is 290 g/mol. The van der Waals surface area contributed by atoms with Gasteiger partial charge in [-0.2, -0.15) is 0 Å². The Morgan fingerprint density at radius 1 is 1.33 bits per heavy atom. The minimum absolute atomic E-state index is 0.0213. The average molecular weight is 290 g/mol. The summed E-state index contributed by atoms with van der Waals surface area (Å²) >= 11 is 0. The molecule has 0 radical (unpaired) electrons. The Kier molecular flexibility index (Phi) is 6.05. The van der Waals surface area contributed by atoms with Crippen LogP contribution in [0.15, 0.2) is 24.3 Å². The lowest BCUT2D eigenvalue weighted by atomic mass is 9.94. The molecule has 0 heterocycles. The van der Waals surface area contributed by atoms with E-state index in [-0.39, 0.29) is 17.9 Å². The van der Waals surface area contributed by atoms with Crippen molar-refractivity contribution in [2.45, 2.75) is 51.5 Å². The van der Waals surface area contributed by atoms with Crippen LogP contribution in [0.4, 0.5) is 5.69 Å². The van der Waals surface area contributed by atoms with E-state index in [0.717, 1.165) is 43.5 Å². The van der Waals surface area contributed by atoms with Crippen LogP contribution in [0.1, 0.15) is 45.4 Å². The molecule has 1 fully saturated rings. The Bertz CT molecular complexity index is 462. The van der Waals surface area contributed by atoms with Crippen LogP contribution in [0.5, 0.6) is 5.75 Å². The number of benzene rings is 1. The van der Waals surface area contributed by atoms with Crippen molar-refractivity contribution in [3.63, 3.8) is 0 Å². The zero-order valence-electron chi connectivity index (χ0n) is 12.8. The van der Waals surface area contributed by atoms with Crippen LogP contribution >= 0.6 is 0 Å². The number of anilines is 1. The van der Waals surface area contributed by atoms with Gasteiger partial charge in [-0.05, 0) is 31.4 Å². The fraction of sp³-hybridized carbons (Fsp3) is 0.588. The Morgan fingerprint density at radius 2 is 2.14 bits per heavy atom. The molecule has 1 aliphatic carbocycles. The van der Waals surface area contributed by atoms with Crippen molar-refractivity contribution in [2.24, 2.45) is 11.7 Å². The topological polar surface area (TPSA) is 64.3 Å². The molecule has 3 N–H and O–H groups in total. The molecule has 1 amide bonds. The molecule has 4 heteroatoms. The number of carbonyl (C=O) groups is 1. The summed E-state index contributed by atoms with van der Waals surface area (Å²) in [6.45, 7) is 2.75. The highest BCUT2D eigenvalue weighted by molar-refractivity contribution is 5.93. The number of nitrogens with one attached hydrogen (secondary N) is 1. The van der Waals surface area contributed by atoms with Gasteiger partial charge in [-0.25, -0.2) is 0 Å². The van der Waals surface area contributed by atoms with E-state index < -0.39 is 0 Å². The van der Waals surface area contributed by atoms with Crippen molar-refractivity contribution in [1.82, 2.24) is 0 Å². The highest BCUT2D eigenvalue weighted by atomic mass is 16.5. The second-order valence-corrected chi connectivity index (χ2v) is 5.77. The van der Waals surface area contributed by atoms with Gasteiger partial charge in [0.15, 0.2) is 0 Å². The summed E-state index contributed by atoms with van der Waals surface area (Å²) in [7, 11) is 0. The minimum Gasteiger partial charge on any atom is -0.494 e. The molecule has 2 atom stereocenters. The number of ether oxygens (including phenoxy) is 1. The molecule has 0 bridgehead atoms. The van der Waals surface area contributed by atoms with Gasteiger partial charge in [0.1, 0.15) is 5.75 Å². The number of hydrogen-bond donors (Lipinski definition) is 2. The first kappa shape index (κ1) is 15.8. The van der Waals surface area contributed by atoms with Crippen LogP contribution in [0, 0.1) is 5.92 Å². The molecule has 21 heavy (non-hydrogen) atoms. The van der Waals surface area contributed by atoms with Gasteiger partial charge in [0.25, 0.3) is 0 Å². The summed E-state index contributed by atoms with van der Waals surface area (Å²) in [4.78, 5) is 12.4. The number of hydrogen-bond acceptors (Lipinski definition) is 3. The van der Waals surface area contributed by atoms with E-state index in [1.54, 1.807) is 0 Å². The molecule has 116 valence electrons. The van der Waals surface area contributed by atoms with Crippen molar-refractivity contribution in [1.29, 1.82) is 0 Å². The molecule has 2 unspecified atom stereocenters. The van der Waals surface area contributed by atoms with Crippen LogP contribution in [-0.4, -0.2) is 18.6 Å². The third-order valence-electron chi connectivity index (χ3n) is 3.98. The minimum atomic E-state index is -0.0762. The Balaban J connectivity index is 1.98. The van der Waals surface area contributed by atoms with Crippen molar-refractivity contribution in [2.75, 3.05) is 11.9 Å². The van der Waals surface area contributed by atoms with Gasteiger partial charge >= 0.3 is 0 Å². The standard InChI is InChI=1S/C17H26N2O2/c1-2-11-21-14-8-6-7-13(12-14)19-17(20)15-9-4-3-5-10-16(15)18/h6-8,12,15-16H,2-5,9-11,18H2,1H3,(H,19,20). The first-order valence-corrected chi connectivity index (χ1v) is 8.00. The lowest BCUT2D eigenvalue weighted by Crippen LogP contribution is -2.37.